The van der Waals surface area contributed by atoms with Crippen molar-refractivity contribution >= 4 is 0 Å². The summed E-state index contributed by atoms with van der Waals surface area (Å²) in [6.07, 6.45) is 11.9. The number of aromatic nitrogens is 2. The molecule has 0 radical (unpaired) electrons. The molecular weight excluding hydrogens is 174 g/mol. The lowest BCUT2D eigenvalue weighted by atomic mass is 10.1. The summed E-state index contributed by atoms with van der Waals surface area (Å²) in [6.45, 7) is 0. The van der Waals surface area contributed by atoms with Crippen LogP contribution in [0.5, 0.6) is 0 Å². The number of nitrogens with zero attached hydrogens (tertiary/aromatic N) is 2. The average Bonchev–Trinajstić information content (AvgIpc) is 2.60. The SMILES string of the molecule is C#CCCCC(NC)c1cncn1C. The van der Waals surface area contributed by atoms with E-state index in [-0.39, 0.29) is 0 Å². The van der Waals surface area contributed by atoms with Gasteiger partial charge in [0, 0.05) is 25.7 Å². The second-order valence-corrected chi connectivity index (χ2v) is 3.37. The van der Waals surface area contributed by atoms with Crippen molar-refractivity contribution in [3.63, 3.8) is 0 Å². The van der Waals surface area contributed by atoms with Crippen molar-refractivity contribution in [2.75, 3.05) is 7.05 Å². The minimum atomic E-state index is 0.357. The van der Waals surface area contributed by atoms with E-state index in [0.29, 0.717) is 6.04 Å². The van der Waals surface area contributed by atoms with Crippen LogP contribution in [0.1, 0.15) is 31.0 Å². The molecule has 1 unspecified atom stereocenters. The molecule has 1 N–H and O–H groups in total. The zero-order valence-electron chi connectivity index (χ0n) is 8.83. The zero-order valence-corrected chi connectivity index (χ0v) is 8.83. The number of hydrogen-bond donors (Lipinski definition) is 1. The molecule has 0 aliphatic heterocycles. The van der Waals surface area contributed by atoms with Crippen molar-refractivity contribution < 1.29 is 0 Å². The van der Waals surface area contributed by atoms with Crippen LogP contribution in [-0.2, 0) is 7.05 Å². The largest absolute Gasteiger partial charge is 0.336 e. The van der Waals surface area contributed by atoms with Crippen LogP contribution in [0.2, 0.25) is 0 Å². The summed E-state index contributed by atoms with van der Waals surface area (Å²) < 4.78 is 2.04. The highest BCUT2D eigenvalue weighted by Gasteiger charge is 2.11. The number of nitrogens with one attached hydrogen (secondary N) is 1. The zero-order chi connectivity index (χ0) is 10.4. The summed E-state index contributed by atoms with van der Waals surface area (Å²) in [5.41, 5.74) is 1.21. The third-order valence-corrected chi connectivity index (χ3v) is 2.37. The molecule has 14 heavy (non-hydrogen) atoms. The lowest BCUT2D eigenvalue weighted by Crippen LogP contribution is -2.18. The van der Waals surface area contributed by atoms with Crippen molar-refractivity contribution in [1.82, 2.24) is 14.9 Å². The van der Waals surface area contributed by atoms with Gasteiger partial charge in [0.2, 0.25) is 0 Å². The average molecular weight is 191 g/mol. The maximum absolute atomic E-state index is 5.22. The smallest absolute Gasteiger partial charge is 0.0946 e. The Morgan fingerprint density at radius 3 is 3.00 bits per heavy atom. The molecule has 1 atom stereocenters. The van der Waals surface area contributed by atoms with Crippen molar-refractivity contribution in [2.24, 2.45) is 7.05 Å². The fourth-order valence-electron chi connectivity index (χ4n) is 1.55. The molecule has 3 heteroatoms. The molecule has 0 amide bonds. The maximum atomic E-state index is 5.22. The predicted octanol–water partition coefficient (Wildman–Crippen LogP) is 1.48. The molecule has 0 saturated carbocycles. The lowest BCUT2D eigenvalue weighted by molar-refractivity contribution is 0.505. The van der Waals surface area contributed by atoms with Gasteiger partial charge in [-0.15, -0.1) is 12.3 Å². The van der Waals surface area contributed by atoms with E-state index in [9.17, 15) is 0 Å². The Kier molecular flexibility index (Phi) is 4.21. The van der Waals surface area contributed by atoms with Crippen LogP contribution in [0.3, 0.4) is 0 Å². The van der Waals surface area contributed by atoms with E-state index < -0.39 is 0 Å². The van der Waals surface area contributed by atoms with Crippen molar-refractivity contribution in [1.29, 1.82) is 0 Å². The minimum absolute atomic E-state index is 0.357. The first kappa shape index (κ1) is 10.8. The van der Waals surface area contributed by atoms with E-state index in [4.69, 9.17) is 6.42 Å². The van der Waals surface area contributed by atoms with Gasteiger partial charge in [-0.25, -0.2) is 4.98 Å². The Balaban J connectivity index is 2.55. The molecule has 1 aromatic rings. The quantitative estimate of drug-likeness (QED) is 0.564. The number of imidazole rings is 1. The molecule has 0 aliphatic carbocycles. The van der Waals surface area contributed by atoms with Crippen molar-refractivity contribution in [3.8, 4) is 12.3 Å². The Morgan fingerprint density at radius 1 is 1.71 bits per heavy atom. The van der Waals surface area contributed by atoms with Gasteiger partial charge in [-0.1, -0.05) is 0 Å². The molecular formula is C11H17N3. The normalized spacial score (nSPS) is 12.4. The van der Waals surface area contributed by atoms with Gasteiger partial charge in [0.25, 0.3) is 0 Å². The van der Waals surface area contributed by atoms with Crippen LogP contribution in [0, 0.1) is 12.3 Å². The van der Waals surface area contributed by atoms with E-state index in [1.54, 1.807) is 0 Å². The van der Waals surface area contributed by atoms with Gasteiger partial charge in [0.1, 0.15) is 0 Å². The second kappa shape index (κ2) is 5.46. The number of terminal acetylenes is 1. The van der Waals surface area contributed by atoms with E-state index in [0.717, 1.165) is 19.3 Å². The molecule has 0 bridgehead atoms. The summed E-state index contributed by atoms with van der Waals surface area (Å²) in [4.78, 5) is 4.10. The van der Waals surface area contributed by atoms with Gasteiger partial charge in [-0.05, 0) is 19.9 Å². The first-order valence-corrected chi connectivity index (χ1v) is 4.86. The van der Waals surface area contributed by atoms with Crippen LogP contribution in [-0.4, -0.2) is 16.6 Å². The Hall–Kier alpha value is -1.27. The second-order valence-electron chi connectivity index (χ2n) is 3.37. The number of hydrogen-bond acceptors (Lipinski definition) is 2. The fourth-order valence-corrected chi connectivity index (χ4v) is 1.55. The summed E-state index contributed by atoms with van der Waals surface area (Å²) in [7, 11) is 3.97. The van der Waals surface area contributed by atoms with E-state index in [1.807, 2.05) is 31.2 Å². The number of aryl methyl sites for hydroxylation is 1. The highest BCUT2D eigenvalue weighted by Crippen LogP contribution is 2.17. The minimum Gasteiger partial charge on any atom is -0.336 e. The molecule has 1 heterocycles. The van der Waals surface area contributed by atoms with Crippen LogP contribution in [0.25, 0.3) is 0 Å². The number of rotatable bonds is 5. The first-order chi connectivity index (χ1) is 6.79. The molecule has 0 spiro atoms. The molecule has 1 rings (SSSR count). The molecule has 3 nitrogen and oxygen atoms in total. The lowest BCUT2D eigenvalue weighted by Gasteiger charge is -2.15. The standard InChI is InChI=1S/C11H17N3/c1-4-5-6-7-10(12-2)11-8-13-9-14(11)3/h1,8-10,12H,5-7H2,2-3H3. The third kappa shape index (κ3) is 2.61. The molecule has 1 aromatic heterocycles. The summed E-state index contributed by atoms with van der Waals surface area (Å²) in [5.74, 6) is 2.66. The summed E-state index contributed by atoms with van der Waals surface area (Å²) >= 11 is 0. The van der Waals surface area contributed by atoms with E-state index in [2.05, 4.69) is 16.2 Å². The molecule has 0 saturated heterocycles. The third-order valence-electron chi connectivity index (χ3n) is 2.37. The summed E-state index contributed by atoms with van der Waals surface area (Å²) in [6, 6.07) is 0.357. The van der Waals surface area contributed by atoms with Crippen LogP contribution >= 0.6 is 0 Å². The van der Waals surface area contributed by atoms with Gasteiger partial charge in [-0.3, -0.25) is 0 Å². The Morgan fingerprint density at radius 2 is 2.50 bits per heavy atom. The molecule has 0 fully saturated rings. The van der Waals surface area contributed by atoms with E-state index in [1.165, 1.54) is 5.69 Å². The molecule has 76 valence electrons. The molecule has 0 aromatic carbocycles. The predicted molar refractivity (Wildman–Crippen MR) is 57.7 cm³/mol. The first-order valence-electron chi connectivity index (χ1n) is 4.86. The van der Waals surface area contributed by atoms with Gasteiger partial charge >= 0.3 is 0 Å². The topological polar surface area (TPSA) is 29.9 Å². The molecule has 0 aliphatic rings. The van der Waals surface area contributed by atoms with Crippen LogP contribution in [0.15, 0.2) is 12.5 Å². The highest BCUT2D eigenvalue weighted by atomic mass is 15.1. The fraction of sp³-hybridized carbons (Fsp3) is 0.545. The Labute approximate surface area is 85.5 Å². The Bertz CT molecular complexity index is 309. The van der Waals surface area contributed by atoms with Gasteiger partial charge < -0.3 is 9.88 Å². The number of unbranched alkanes of at least 4 members (excludes halogenated alkanes) is 1. The van der Waals surface area contributed by atoms with Gasteiger partial charge in [0.15, 0.2) is 0 Å². The van der Waals surface area contributed by atoms with Crippen molar-refractivity contribution in [3.05, 3.63) is 18.2 Å². The van der Waals surface area contributed by atoms with E-state index >= 15 is 0 Å². The monoisotopic (exact) mass is 191 g/mol. The van der Waals surface area contributed by atoms with Crippen LogP contribution < -0.4 is 5.32 Å². The van der Waals surface area contributed by atoms with Crippen molar-refractivity contribution in [2.45, 2.75) is 25.3 Å². The summed E-state index contributed by atoms with van der Waals surface area (Å²) in [5, 5.41) is 3.27. The maximum Gasteiger partial charge on any atom is 0.0946 e. The highest BCUT2D eigenvalue weighted by molar-refractivity contribution is 5.04. The van der Waals surface area contributed by atoms with Gasteiger partial charge in [0.05, 0.1) is 12.0 Å². The van der Waals surface area contributed by atoms with Gasteiger partial charge in [-0.2, -0.15) is 0 Å². The van der Waals surface area contributed by atoms with Crippen LogP contribution in [0.4, 0.5) is 0 Å².